The zero-order valence-corrected chi connectivity index (χ0v) is 14.2. The summed E-state index contributed by atoms with van der Waals surface area (Å²) in [6, 6.07) is 9.96. The van der Waals surface area contributed by atoms with Crippen molar-refractivity contribution >= 4 is 5.91 Å². The summed E-state index contributed by atoms with van der Waals surface area (Å²) >= 11 is 0. The Bertz CT molecular complexity index is 869. The van der Waals surface area contributed by atoms with Gasteiger partial charge in [-0.15, -0.1) is 5.10 Å². The molecule has 7 nitrogen and oxygen atoms in total. The molecule has 1 aromatic carbocycles. The zero-order valence-electron chi connectivity index (χ0n) is 14.2. The largest absolute Gasteiger partial charge is 0.487 e. The van der Waals surface area contributed by atoms with E-state index in [1.165, 1.54) is 16.9 Å². The highest BCUT2D eigenvalue weighted by molar-refractivity contribution is 5.91. The van der Waals surface area contributed by atoms with Gasteiger partial charge in [-0.05, 0) is 25.1 Å². The third-order valence-corrected chi connectivity index (χ3v) is 3.58. The molecule has 134 valence electrons. The lowest BCUT2D eigenvalue weighted by molar-refractivity contribution is 0.0927. The number of ether oxygens (including phenoxy) is 1. The van der Waals surface area contributed by atoms with Crippen molar-refractivity contribution in [2.45, 2.75) is 19.6 Å². The molecule has 3 aromatic rings. The first-order chi connectivity index (χ1) is 12.6. The van der Waals surface area contributed by atoms with E-state index in [9.17, 15) is 9.18 Å². The number of benzene rings is 1. The van der Waals surface area contributed by atoms with Crippen LogP contribution in [-0.2, 0) is 6.54 Å². The number of nitrogens with zero attached hydrogens (tertiary/aromatic N) is 4. The lowest BCUT2D eigenvalue weighted by Gasteiger charge is -2.14. The summed E-state index contributed by atoms with van der Waals surface area (Å²) in [4.78, 5) is 16.1. The standard InChI is InChI=1S/C18H18FN5O2/c1-13(26-15-6-4-8-20-10-15)9-21-18(25)17-12-24(23-22-17)11-14-5-2-3-7-16(14)19/h2-8,10,12-13H,9,11H2,1H3,(H,21,25)/t13-/m0/s1. The molecule has 1 N–H and O–H groups in total. The number of amides is 1. The van der Waals surface area contributed by atoms with E-state index in [-0.39, 0.29) is 30.1 Å². The van der Waals surface area contributed by atoms with Crippen molar-refractivity contribution in [1.29, 1.82) is 0 Å². The van der Waals surface area contributed by atoms with Crippen LogP contribution in [0.5, 0.6) is 5.75 Å². The summed E-state index contributed by atoms with van der Waals surface area (Å²) in [5.74, 6) is -0.0631. The van der Waals surface area contributed by atoms with Gasteiger partial charge >= 0.3 is 0 Å². The molecule has 3 rings (SSSR count). The minimum absolute atomic E-state index is 0.162. The molecular weight excluding hydrogens is 337 g/mol. The molecule has 0 aliphatic rings. The Labute approximate surface area is 149 Å². The smallest absolute Gasteiger partial charge is 0.273 e. The molecule has 0 fully saturated rings. The summed E-state index contributed by atoms with van der Waals surface area (Å²) in [6.07, 6.45) is 4.50. The van der Waals surface area contributed by atoms with Crippen molar-refractivity contribution < 1.29 is 13.9 Å². The number of nitrogens with one attached hydrogen (secondary N) is 1. The van der Waals surface area contributed by atoms with Crippen LogP contribution in [-0.4, -0.2) is 38.5 Å². The first-order valence-corrected chi connectivity index (χ1v) is 8.10. The summed E-state index contributed by atoms with van der Waals surface area (Å²) in [5, 5.41) is 10.4. The number of hydrogen-bond donors (Lipinski definition) is 1. The number of carbonyl (C=O) groups excluding carboxylic acids is 1. The highest BCUT2D eigenvalue weighted by atomic mass is 19.1. The molecule has 2 aromatic heterocycles. The molecule has 0 bridgehead atoms. The number of hydrogen-bond acceptors (Lipinski definition) is 5. The molecule has 26 heavy (non-hydrogen) atoms. The van der Waals surface area contributed by atoms with Gasteiger partial charge in [0.05, 0.1) is 25.5 Å². The predicted molar refractivity (Wildman–Crippen MR) is 92.2 cm³/mol. The van der Waals surface area contributed by atoms with Gasteiger partial charge in [-0.25, -0.2) is 9.07 Å². The van der Waals surface area contributed by atoms with Gasteiger partial charge in [0.15, 0.2) is 5.69 Å². The lowest BCUT2D eigenvalue weighted by atomic mass is 10.2. The van der Waals surface area contributed by atoms with E-state index in [2.05, 4.69) is 20.6 Å². The van der Waals surface area contributed by atoms with Crippen molar-refractivity contribution in [3.05, 3.63) is 72.1 Å². The maximum atomic E-state index is 13.7. The first-order valence-electron chi connectivity index (χ1n) is 8.10. The van der Waals surface area contributed by atoms with E-state index >= 15 is 0 Å². The molecule has 1 amide bonds. The normalized spacial score (nSPS) is 11.8. The highest BCUT2D eigenvalue weighted by Crippen LogP contribution is 2.09. The molecule has 0 spiro atoms. The Morgan fingerprint density at radius 2 is 2.15 bits per heavy atom. The topological polar surface area (TPSA) is 81.9 Å². The van der Waals surface area contributed by atoms with Crippen LogP contribution in [0.25, 0.3) is 0 Å². The Balaban J connectivity index is 1.52. The minimum Gasteiger partial charge on any atom is -0.487 e. The first kappa shape index (κ1) is 17.5. The summed E-state index contributed by atoms with van der Waals surface area (Å²) < 4.78 is 20.7. The summed E-state index contributed by atoms with van der Waals surface area (Å²) in [5.41, 5.74) is 0.637. The third-order valence-electron chi connectivity index (χ3n) is 3.58. The zero-order chi connectivity index (χ0) is 18.4. The van der Waals surface area contributed by atoms with Gasteiger partial charge in [0, 0.05) is 11.8 Å². The van der Waals surface area contributed by atoms with Crippen LogP contribution in [0, 0.1) is 5.82 Å². The third kappa shape index (κ3) is 4.62. The van der Waals surface area contributed by atoms with Gasteiger partial charge in [0.1, 0.15) is 17.7 Å². The fourth-order valence-electron chi connectivity index (χ4n) is 2.30. The van der Waals surface area contributed by atoms with Crippen molar-refractivity contribution in [1.82, 2.24) is 25.3 Å². The molecule has 2 heterocycles. The van der Waals surface area contributed by atoms with Crippen molar-refractivity contribution in [3.63, 3.8) is 0 Å². The number of rotatable bonds is 7. The Hall–Kier alpha value is -3.29. The second-order valence-corrected chi connectivity index (χ2v) is 5.72. The van der Waals surface area contributed by atoms with Gasteiger partial charge in [0.2, 0.25) is 0 Å². The van der Waals surface area contributed by atoms with E-state index in [1.54, 1.807) is 42.7 Å². The second kappa shape index (κ2) is 8.19. The monoisotopic (exact) mass is 355 g/mol. The summed E-state index contributed by atoms with van der Waals surface area (Å²) in [6.45, 7) is 2.34. The molecule has 0 aliphatic heterocycles. The van der Waals surface area contributed by atoms with Crippen LogP contribution in [0.15, 0.2) is 55.0 Å². The lowest BCUT2D eigenvalue weighted by Crippen LogP contribution is -2.33. The number of halogens is 1. The van der Waals surface area contributed by atoms with Gasteiger partial charge in [-0.2, -0.15) is 0 Å². The van der Waals surface area contributed by atoms with Crippen molar-refractivity contribution in [2.75, 3.05) is 6.54 Å². The SMILES string of the molecule is C[C@@H](CNC(=O)c1cn(Cc2ccccc2F)nn1)Oc1cccnc1. The highest BCUT2D eigenvalue weighted by Gasteiger charge is 2.13. The average Bonchev–Trinajstić information content (AvgIpc) is 3.11. The van der Waals surface area contributed by atoms with Crippen molar-refractivity contribution in [2.24, 2.45) is 0 Å². The number of aromatic nitrogens is 4. The Morgan fingerprint density at radius 1 is 1.31 bits per heavy atom. The Kier molecular flexibility index (Phi) is 5.52. The van der Waals surface area contributed by atoms with E-state index in [4.69, 9.17) is 4.74 Å². The number of pyridine rings is 1. The molecule has 0 aliphatic carbocycles. The molecule has 1 atom stereocenters. The second-order valence-electron chi connectivity index (χ2n) is 5.72. The Morgan fingerprint density at radius 3 is 2.92 bits per heavy atom. The maximum absolute atomic E-state index is 13.7. The maximum Gasteiger partial charge on any atom is 0.273 e. The fraction of sp³-hybridized carbons (Fsp3) is 0.222. The van der Waals surface area contributed by atoms with Crippen LogP contribution in [0.2, 0.25) is 0 Å². The van der Waals surface area contributed by atoms with E-state index in [0.717, 1.165) is 0 Å². The quantitative estimate of drug-likeness (QED) is 0.701. The van der Waals surface area contributed by atoms with Gasteiger partial charge in [-0.1, -0.05) is 23.4 Å². The van der Waals surface area contributed by atoms with Crippen LogP contribution in [0.1, 0.15) is 23.0 Å². The number of carbonyl (C=O) groups is 1. The van der Waals surface area contributed by atoms with Crippen LogP contribution in [0.4, 0.5) is 4.39 Å². The molecule has 0 unspecified atom stereocenters. The molecule has 0 saturated heterocycles. The van der Waals surface area contributed by atoms with Crippen molar-refractivity contribution in [3.8, 4) is 5.75 Å². The average molecular weight is 355 g/mol. The molecule has 8 heteroatoms. The minimum atomic E-state index is -0.369. The van der Waals surface area contributed by atoms with Gasteiger partial charge in [-0.3, -0.25) is 9.78 Å². The van der Waals surface area contributed by atoms with Crippen LogP contribution < -0.4 is 10.1 Å². The van der Waals surface area contributed by atoms with Crippen LogP contribution >= 0.6 is 0 Å². The van der Waals surface area contributed by atoms with Gasteiger partial charge < -0.3 is 10.1 Å². The molecule has 0 radical (unpaired) electrons. The van der Waals surface area contributed by atoms with E-state index in [1.807, 2.05) is 6.92 Å². The van der Waals surface area contributed by atoms with E-state index in [0.29, 0.717) is 17.9 Å². The van der Waals surface area contributed by atoms with Gasteiger partial charge in [0.25, 0.3) is 5.91 Å². The summed E-state index contributed by atoms with van der Waals surface area (Å²) in [7, 11) is 0. The predicted octanol–water partition coefficient (Wildman–Crippen LogP) is 2.06. The molecule has 0 saturated carbocycles. The van der Waals surface area contributed by atoms with Crippen LogP contribution in [0.3, 0.4) is 0 Å². The van der Waals surface area contributed by atoms with E-state index < -0.39 is 0 Å². The fourth-order valence-corrected chi connectivity index (χ4v) is 2.30. The molecular formula is C18H18FN5O2.